The number of ether oxygens (including phenoxy) is 3. The molecular weight excluding hydrogens is 516 g/mol. The van der Waals surface area contributed by atoms with Crippen molar-refractivity contribution in [2.75, 3.05) is 14.2 Å². The fourth-order valence-electron chi connectivity index (χ4n) is 5.55. The molecule has 0 bridgehead atoms. The molecule has 1 N–H and O–H groups in total. The fraction of sp³-hybridized carbons (Fsp3) is 0.367. The van der Waals surface area contributed by atoms with Crippen LogP contribution in [0.15, 0.2) is 48.0 Å². The fourth-order valence-corrected chi connectivity index (χ4v) is 5.55. The standard InChI is InChI=1S/C30H32N2O8/c1-29(2)15-19(16-30(3,4)31-29)32-24(33)21-12-9-18(14-22(21)25(32)34)26(35)40-20-10-7-17(8-11-20)13-23(27(36)38-5)28(37)39-6/h7-14,19,31H,15-16H2,1-6H3. The third kappa shape index (κ3) is 5.81. The molecule has 0 atom stereocenters. The van der Waals surface area contributed by atoms with E-state index in [1.54, 1.807) is 12.1 Å². The molecule has 40 heavy (non-hydrogen) atoms. The van der Waals surface area contributed by atoms with Crippen molar-refractivity contribution in [1.29, 1.82) is 0 Å². The number of nitrogens with one attached hydrogen (secondary N) is 1. The largest absolute Gasteiger partial charge is 0.465 e. The molecule has 2 aromatic carbocycles. The summed E-state index contributed by atoms with van der Waals surface area (Å²) in [5, 5.41) is 3.56. The van der Waals surface area contributed by atoms with Gasteiger partial charge in [0.1, 0.15) is 11.3 Å². The van der Waals surface area contributed by atoms with Gasteiger partial charge in [0.25, 0.3) is 11.8 Å². The molecule has 210 valence electrons. The van der Waals surface area contributed by atoms with Gasteiger partial charge < -0.3 is 19.5 Å². The van der Waals surface area contributed by atoms with E-state index >= 15 is 0 Å². The lowest BCUT2D eigenvalue weighted by molar-refractivity contribution is -0.143. The number of carbonyl (C=O) groups is 5. The molecule has 0 saturated carbocycles. The Bertz CT molecular complexity index is 1390. The second kappa shape index (κ2) is 10.7. The maximum Gasteiger partial charge on any atom is 0.345 e. The average molecular weight is 549 g/mol. The predicted molar refractivity (Wildman–Crippen MR) is 145 cm³/mol. The summed E-state index contributed by atoms with van der Waals surface area (Å²) in [5.41, 5.74) is 0.209. The van der Waals surface area contributed by atoms with Crippen LogP contribution in [0.2, 0.25) is 0 Å². The lowest BCUT2D eigenvalue weighted by atomic mass is 9.79. The van der Waals surface area contributed by atoms with E-state index in [0.717, 1.165) is 14.2 Å². The predicted octanol–water partition coefficient (Wildman–Crippen LogP) is 3.54. The van der Waals surface area contributed by atoms with Crippen molar-refractivity contribution in [3.63, 3.8) is 0 Å². The van der Waals surface area contributed by atoms with Gasteiger partial charge in [-0.25, -0.2) is 14.4 Å². The quantitative estimate of drug-likeness (QED) is 0.144. The highest BCUT2D eigenvalue weighted by Crippen LogP contribution is 2.36. The van der Waals surface area contributed by atoms with Crippen LogP contribution in [0.1, 0.15) is 77.2 Å². The van der Waals surface area contributed by atoms with Gasteiger partial charge >= 0.3 is 17.9 Å². The third-order valence-corrected chi connectivity index (χ3v) is 6.90. The lowest BCUT2D eigenvalue weighted by Crippen LogP contribution is -2.62. The Morgan fingerprint density at radius 2 is 1.40 bits per heavy atom. The summed E-state index contributed by atoms with van der Waals surface area (Å²) in [6.45, 7) is 8.20. The van der Waals surface area contributed by atoms with E-state index in [1.165, 1.54) is 41.3 Å². The van der Waals surface area contributed by atoms with Crippen LogP contribution < -0.4 is 10.1 Å². The molecule has 2 aliphatic rings. The first-order valence-corrected chi connectivity index (χ1v) is 12.8. The van der Waals surface area contributed by atoms with Crippen LogP contribution in [0.5, 0.6) is 5.75 Å². The van der Waals surface area contributed by atoms with E-state index in [-0.39, 0.29) is 51.0 Å². The van der Waals surface area contributed by atoms with Gasteiger partial charge in [0.15, 0.2) is 0 Å². The molecule has 2 amide bonds. The maximum absolute atomic E-state index is 13.4. The van der Waals surface area contributed by atoms with E-state index < -0.39 is 23.8 Å². The molecule has 0 aromatic heterocycles. The number of benzene rings is 2. The van der Waals surface area contributed by atoms with Gasteiger partial charge in [0.2, 0.25) is 0 Å². The zero-order valence-corrected chi connectivity index (χ0v) is 23.3. The van der Waals surface area contributed by atoms with E-state index in [1.807, 2.05) is 27.7 Å². The number of methoxy groups -OCH3 is 2. The molecule has 10 heteroatoms. The van der Waals surface area contributed by atoms with Crippen molar-refractivity contribution < 1.29 is 38.2 Å². The molecule has 2 aromatic rings. The highest BCUT2D eigenvalue weighted by atomic mass is 16.5. The summed E-state index contributed by atoms with van der Waals surface area (Å²) in [5.74, 6) is -2.99. The molecule has 0 spiro atoms. The molecule has 0 radical (unpaired) electrons. The Labute approximate surface area is 232 Å². The molecule has 0 aliphatic carbocycles. The Balaban J connectivity index is 1.51. The van der Waals surface area contributed by atoms with E-state index in [9.17, 15) is 24.0 Å². The Morgan fingerprint density at radius 1 is 0.850 bits per heavy atom. The van der Waals surface area contributed by atoms with Gasteiger partial charge in [-0.15, -0.1) is 0 Å². The highest BCUT2D eigenvalue weighted by molar-refractivity contribution is 6.22. The van der Waals surface area contributed by atoms with Crippen LogP contribution in [0.4, 0.5) is 0 Å². The summed E-state index contributed by atoms with van der Waals surface area (Å²) in [6, 6.07) is 10.1. The minimum absolute atomic E-state index is 0.121. The smallest absolute Gasteiger partial charge is 0.345 e. The van der Waals surface area contributed by atoms with Crippen molar-refractivity contribution in [1.82, 2.24) is 10.2 Å². The molecule has 2 heterocycles. The second-order valence-corrected chi connectivity index (χ2v) is 11.2. The van der Waals surface area contributed by atoms with Crippen LogP contribution >= 0.6 is 0 Å². The molecule has 0 unspecified atom stereocenters. The number of carbonyl (C=O) groups excluding carboxylic acids is 5. The number of hydrogen-bond acceptors (Lipinski definition) is 9. The van der Waals surface area contributed by atoms with Crippen molar-refractivity contribution in [2.24, 2.45) is 0 Å². The molecular formula is C30H32N2O8. The average Bonchev–Trinajstić information content (AvgIpc) is 3.14. The second-order valence-electron chi connectivity index (χ2n) is 11.2. The molecule has 2 aliphatic heterocycles. The molecule has 4 rings (SSSR count). The van der Waals surface area contributed by atoms with E-state index in [2.05, 4.69) is 14.8 Å². The lowest BCUT2D eigenvalue weighted by Gasteiger charge is -2.48. The number of hydrogen-bond donors (Lipinski definition) is 1. The zero-order valence-electron chi connectivity index (χ0n) is 23.3. The van der Waals surface area contributed by atoms with Crippen LogP contribution in [-0.4, -0.2) is 66.0 Å². The van der Waals surface area contributed by atoms with Gasteiger partial charge in [-0.1, -0.05) is 12.1 Å². The minimum atomic E-state index is -0.849. The first-order chi connectivity index (χ1) is 18.7. The van der Waals surface area contributed by atoms with Crippen LogP contribution in [0.25, 0.3) is 6.08 Å². The topological polar surface area (TPSA) is 128 Å². The molecule has 10 nitrogen and oxygen atoms in total. The minimum Gasteiger partial charge on any atom is -0.465 e. The summed E-state index contributed by atoms with van der Waals surface area (Å²) in [4.78, 5) is 64.6. The van der Waals surface area contributed by atoms with Crippen LogP contribution in [0.3, 0.4) is 0 Å². The number of fused-ring (bicyclic) bond motifs is 1. The first-order valence-electron chi connectivity index (χ1n) is 12.8. The zero-order chi connectivity index (χ0) is 29.4. The number of esters is 3. The summed E-state index contributed by atoms with van der Waals surface area (Å²) >= 11 is 0. The number of nitrogens with zero attached hydrogens (tertiary/aromatic N) is 1. The Morgan fingerprint density at radius 3 is 1.95 bits per heavy atom. The molecule has 1 fully saturated rings. The first kappa shape index (κ1) is 28.7. The summed E-state index contributed by atoms with van der Waals surface area (Å²) < 4.78 is 14.7. The van der Waals surface area contributed by atoms with Crippen LogP contribution in [0, 0.1) is 0 Å². The van der Waals surface area contributed by atoms with Crippen molar-refractivity contribution >= 4 is 35.8 Å². The van der Waals surface area contributed by atoms with E-state index in [0.29, 0.717) is 18.4 Å². The highest BCUT2D eigenvalue weighted by Gasteiger charge is 2.47. The third-order valence-electron chi connectivity index (χ3n) is 6.90. The number of piperidine rings is 1. The summed E-state index contributed by atoms with van der Waals surface area (Å²) in [7, 11) is 2.30. The normalized spacial score (nSPS) is 17.6. The number of amides is 2. The molecule has 1 saturated heterocycles. The van der Waals surface area contributed by atoms with Crippen molar-refractivity contribution in [3.8, 4) is 5.75 Å². The van der Waals surface area contributed by atoms with Gasteiger partial charge in [0.05, 0.1) is 30.9 Å². The Hall–Kier alpha value is -4.31. The van der Waals surface area contributed by atoms with Crippen LogP contribution in [-0.2, 0) is 19.1 Å². The monoisotopic (exact) mass is 548 g/mol. The maximum atomic E-state index is 13.4. The van der Waals surface area contributed by atoms with Gasteiger partial charge in [-0.05, 0) is 82.5 Å². The van der Waals surface area contributed by atoms with Crippen molar-refractivity contribution in [2.45, 2.75) is 57.7 Å². The number of imide groups is 1. The van der Waals surface area contributed by atoms with E-state index in [4.69, 9.17) is 4.74 Å². The van der Waals surface area contributed by atoms with Crippen molar-refractivity contribution in [3.05, 3.63) is 70.3 Å². The van der Waals surface area contributed by atoms with Gasteiger partial charge in [0, 0.05) is 17.1 Å². The SMILES string of the molecule is COC(=O)C(=Cc1ccc(OC(=O)c2ccc3c(c2)C(=O)N(C2CC(C)(C)NC(C)(C)C2)C3=O)cc1)C(=O)OC. The number of rotatable bonds is 6. The summed E-state index contributed by atoms with van der Waals surface area (Å²) in [6.07, 6.45) is 2.52. The Kier molecular flexibility index (Phi) is 7.67. The van der Waals surface area contributed by atoms with Gasteiger partial charge in [-0.2, -0.15) is 0 Å². The van der Waals surface area contributed by atoms with Gasteiger partial charge in [-0.3, -0.25) is 14.5 Å².